The molecule has 0 amide bonds. The standard InChI is InChI=1S/C17H9BrF3N5O3/c18-13-5-10(15(28)25-24-13)8-26-14(27)6-12(17(19,20)21)23-16(26)29-11-3-1-2-9(4-11)7-22/h1-6H,8H2,(H,25,28). The molecule has 12 heteroatoms. The summed E-state index contributed by atoms with van der Waals surface area (Å²) in [6, 6.07) is 8.36. The summed E-state index contributed by atoms with van der Waals surface area (Å²) in [4.78, 5) is 27.7. The number of hydrogen-bond donors (Lipinski definition) is 1. The normalized spacial score (nSPS) is 11.1. The second-order valence-electron chi connectivity index (χ2n) is 5.63. The van der Waals surface area contributed by atoms with Crippen LogP contribution >= 0.6 is 15.9 Å². The first-order chi connectivity index (χ1) is 13.7. The number of H-pyrrole nitrogens is 1. The minimum atomic E-state index is -4.89. The van der Waals surface area contributed by atoms with E-state index in [1.54, 1.807) is 0 Å². The van der Waals surface area contributed by atoms with E-state index < -0.39 is 35.5 Å². The van der Waals surface area contributed by atoms with E-state index in [4.69, 9.17) is 10.00 Å². The zero-order valence-electron chi connectivity index (χ0n) is 14.2. The second-order valence-corrected chi connectivity index (χ2v) is 6.45. The van der Waals surface area contributed by atoms with E-state index in [1.807, 2.05) is 6.07 Å². The first-order valence-electron chi connectivity index (χ1n) is 7.78. The third-order valence-corrected chi connectivity index (χ3v) is 4.02. The number of benzene rings is 1. The van der Waals surface area contributed by atoms with Crippen LogP contribution in [0.25, 0.3) is 0 Å². The molecule has 0 aliphatic heterocycles. The highest BCUT2D eigenvalue weighted by atomic mass is 79.9. The van der Waals surface area contributed by atoms with Crippen LogP contribution in [-0.2, 0) is 12.7 Å². The largest absolute Gasteiger partial charge is 0.433 e. The van der Waals surface area contributed by atoms with Gasteiger partial charge in [0.1, 0.15) is 10.4 Å². The number of alkyl halides is 3. The van der Waals surface area contributed by atoms with Crippen LogP contribution in [0.1, 0.15) is 16.8 Å². The van der Waals surface area contributed by atoms with E-state index in [0.29, 0.717) is 6.07 Å². The molecule has 0 unspecified atom stereocenters. The van der Waals surface area contributed by atoms with E-state index in [0.717, 1.165) is 4.57 Å². The third-order valence-electron chi connectivity index (χ3n) is 3.61. The first-order valence-corrected chi connectivity index (χ1v) is 8.58. The number of rotatable bonds is 4. The van der Waals surface area contributed by atoms with Crippen molar-refractivity contribution in [2.75, 3.05) is 0 Å². The monoisotopic (exact) mass is 467 g/mol. The lowest BCUT2D eigenvalue weighted by molar-refractivity contribution is -0.141. The van der Waals surface area contributed by atoms with Crippen molar-refractivity contribution in [3.05, 3.63) is 78.5 Å². The van der Waals surface area contributed by atoms with Crippen LogP contribution in [0.2, 0.25) is 0 Å². The molecule has 0 aliphatic rings. The number of nitrogens with zero attached hydrogens (tertiary/aromatic N) is 4. The van der Waals surface area contributed by atoms with Gasteiger partial charge in [0.2, 0.25) is 0 Å². The van der Waals surface area contributed by atoms with Crippen molar-refractivity contribution in [2.45, 2.75) is 12.7 Å². The fourth-order valence-corrected chi connectivity index (χ4v) is 2.66. The lowest BCUT2D eigenvalue weighted by Crippen LogP contribution is -2.28. The molecular formula is C17H9BrF3N5O3. The zero-order valence-corrected chi connectivity index (χ0v) is 15.8. The van der Waals surface area contributed by atoms with E-state index in [1.165, 1.54) is 30.3 Å². The van der Waals surface area contributed by atoms with Gasteiger partial charge in [-0.05, 0) is 40.2 Å². The Kier molecular flexibility index (Phi) is 5.51. The van der Waals surface area contributed by atoms with Gasteiger partial charge < -0.3 is 4.74 Å². The number of aromatic nitrogens is 4. The van der Waals surface area contributed by atoms with Gasteiger partial charge in [0.05, 0.1) is 18.2 Å². The minimum Gasteiger partial charge on any atom is -0.425 e. The van der Waals surface area contributed by atoms with Gasteiger partial charge in [-0.1, -0.05) is 6.07 Å². The number of nitrogens with one attached hydrogen (secondary N) is 1. The average Bonchev–Trinajstić information content (AvgIpc) is 2.66. The molecule has 0 saturated carbocycles. The van der Waals surface area contributed by atoms with Crippen molar-refractivity contribution in [2.24, 2.45) is 0 Å². The Labute approximate surface area is 168 Å². The summed E-state index contributed by atoms with van der Waals surface area (Å²) in [7, 11) is 0. The molecule has 0 bridgehead atoms. The van der Waals surface area contributed by atoms with Crippen molar-refractivity contribution < 1.29 is 17.9 Å². The molecule has 3 aromatic rings. The molecule has 29 heavy (non-hydrogen) atoms. The Morgan fingerprint density at radius 1 is 1.24 bits per heavy atom. The molecule has 8 nitrogen and oxygen atoms in total. The maximum atomic E-state index is 13.1. The molecule has 0 spiro atoms. The molecule has 148 valence electrons. The predicted molar refractivity (Wildman–Crippen MR) is 96.4 cm³/mol. The predicted octanol–water partition coefficient (Wildman–Crippen LogP) is 2.82. The molecule has 1 N–H and O–H groups in total. The maximum Gasteiger partial charge on any atom is 0.433 e. The average molecular weight is 468 g/mol. The molecule has 0 fully saturated rings. The molecule has 0 atom stereocenters. The minimum absolute atomic E-state index is 0.00570. The van der Waals surface area contributed by atoms with E-state index in [-0.39, 0.29) is 21.5 Å². The van der Waals surface area contributed by atoms with Gasteiger partial charge in [0, 0.05) is 11.6 Å². The SMILES string of the molecule is N#Cc1cccc(Oc2nc(C(F)(F)F)cc(=O)n2Cc2cc(Br)n[nH]c2=O)c1. The smallest absolute Gasteiger partial charge is 0.425 e. The second kappa shape index (κ2) is 7.88. The number of ether oxygens (including phenoxy) is 1. The Morgan fingerprint density at radius 2 is 2.00 bits per heavy atom. The Morgan fingerprint density at radius 3 is 2.69 bits per heavy atom. The summed E-state index contributed by atoms with van der Waals surface area (Å²) in [5.74, 6) is -0.00570. The molecule has 2 heterocycles. The highest BCUT2D eigenvalue weighted by Crippen LogP contribution is 2.29. The quantitative estimate of drug-likeness (QED) is 0.630. The van der Waals surface area contributed by atoms with Gasteiger partial charge in [-0.15, -0.1) is 0 Å². The number of hydrogen-bond acceptors (Lipinski definition) is 6. The number of halogens is 4. The van der Waals surface area contributed by atoms with E-state index >= 15 is 0 Å². The summed E-state index contributed by atoms with van der Waals surface area (Å²) in [6.07, 6.45) is -4.89. The fourth-order valence-electron chi connectivity index (χ4n) is 2.29. The Balaban J connectivity index is 2.13. The highest BCUT2D eigenvalue weighted by molar-refractivity contribution is 9.10. The molecule has 0 radical (unpaired) electrons. The van der Waals surface area contributed by atoms with Crippen molar-refractivity contribution in [1.82, 2.24) is 19.7 Å². The third kappa shape index (κ3) is 4.69. The molecule has 0 aliphatic carbocycles. The molecule has 3 rings (SSSR count). The van der Waals surface area contributed by atoms with Crippen LogP contribution < -0.4 is 15.9 Å². The summed E-state index contributed by atoms with van der Waals surface area (Å²) >= 11 is 3.06. The summed E-state index contributed by atoms with van der Waals surface area (Å²) in [6.45, 7) is -0.423. The van der Waals surface area contributed by atoms with E-state index in [9.17, 15) is 22.8 Å². The summed E-state index contributed by atoms with van der Waals surface area (Å²) < 4.78 is 45.7. The van der Waals surface area contributed by atoms with Crippen LogP contribution in [0.3, 0.4) is 0 Å². The number of nitriles is 1. The first kappa shape index (κ1) is 20.3. The molecule has 2 aromatic heterocycles. The van der Waals surface area contributed by atoms with Crippen LogP contribution in [0.15, 0.2) is 50.6 Å². The summed E-state index contributed by atoms with van der Waals surface area (Å²) in [5.41, 5.74) is -2.94. The van der Waals surface area contributed by atoms with Crippen molar-refractivity contribution in [3.63, 3.8) is 0 Å². The van der Waals surface area contributed by atoms with Crippen molar-refractivity contribution >= 4 is 15.9 Å². The fraction of sp³-hybridized carbons (Fsp3) is 0.118. The number of aromatic amines is 1. The van der Waals surface area contributed by atoms with Crippen molar-refractivity contribution in [1.29, 1.82) is 5.26 Å². The Bertz CT molecular complexity index is 1230. The van der Waals surface area contributed by atoms with Gasteiger partial charge >= 0.3 is 12.2 Å². The maximum absolute atomic E-state index is 13.1. The van der Waals surface area contributed by atoms with Crippen molar-refractivity contribution in [3.8, 4) is 17.8 Å². The lowest BCUT2D eigenvalue weighted by Gasteiger charge is -2.15. The van der Waals surface area contributed by atoms with E-state index in [2.05, 4.69) is 31.1 Å². The van der Waals surface area contributed by atoms with Gasteiger partial charge in [0.15, 0.2) is 5.69 Å². The van der Waals surface area contributed by atoms with Crippen LogP contribution in [0, 0.1) is 11.3 Å². The topological polar surface area (TPSA) is 114 Å². The van der Waals surface area contributed by atoms with Crippen LogP contribution in [0.4, 0.5) is 13.2 Å². The lowest BCUT2D eigenvalue weighted by atomic mass is 10.2. The van der Waals surface area contributed by atoms with Gasteiger partial charge in [0.25, 0.3) is 11.1 Å². The van der Waals surface area contributed by atoms with Gasteiger partial charge in [-0.25, -0.2) is 5.10 Å². The van der Waals surface area contributed by atoms with Gasteiger partial charge in [-0.3, -0.25) is 14.2 Å². The zero-order chi connectivity index (χ0) is 21.2. The molecule has 0 saturated heterocycles. The van der Waals surface area contributed by atoms with Crippen LogP contribution in [0.5, 0.6) is 11.8 Å². The van der Waals surface area contributed by atoms with Crippen LogP contribution in [-0.4, -0.2) is 19.7 Å². The molecule has 1 aromatic carbocycles. The highest BCUT2D eigenvalue weighted by Gasteiger charge is 2.34. The summed E-state index contributed by atoms with van der Waals surface area (Å²) in [5, 5.41) is 14.8. The molecular weight excluding hydrogens is 459 g/mol. The van der Waals surface area contributed by atoms with Gasteiger partial charge in [-0.2, -0.15) is 28.5 Å². The Hall–Kier alpha value is -3.46.